The SMILES string of the molecule is CC1CN(C(N)=NCC2(c3cc(F)cc(C(F)(F)F)c3)CC2)CCO1.I. The number of morpholine rings is 1. The Morgan fingerprint density at radius 2 is 2.04 bits per heavy atom. The van der Waals surface area contributed by atoms with Gasteiger partial charge in [-0.3, -0.25) is 4.99 Å². The molecule has 0 spiro atoms. The summed E-state index contributed by atoms with van der Waals surface area (Å²) in [6.45, 7) is 4.01. The largest absolute Gasteiger partial charge is 0.416 e. The van der Waals surface area contributed by atoms with Crippen molar-refractivity contribution in [2.75, 3.05) is 26.2 Å². The molecule has 146 valence electrons. The Labute approximate surface area is 166 Å². The van der Waals surface area contributed by atoms with E-state index in [4.69, 9.17) is 10.5 Å². The lowest BCUT2D eigenvalue weighted by atomic mass is 9.94. The van der Waals surface area contributed by atoms with Crippen LogP contribution in [0.25, 0.3) is 0 Å². The van der Waals surface area contributed by atoms with Gasteiger partial charge in [0.1, 0.15) is 5.82 Å². The Morgan fingerprint density at radius 1 is 1.35 bits per heavy atom. The predicted octanol–water partition coefficient (Wildman–Crippen LogP) is 3.53. The second kappa shape index (κ2) is 7.87. The number of nitrogens with two attached hydrogens (primary N) is 1. The quantitative estimate of drug-likeness (QED) is 0.307. The fourth-order valence-corrected chi connectivity index (χ4v) is 3.11. The van der Waals surface area contributed by atoms with Crippen LogP contribution in [0.2, 0.25) is 0 Å². The number of guanidine groups is 1. The van der Waals surface area contributed by atoms with E-state index in [0.29, 0.717) is 50.1 Å². The molecule has 0 bridgehead atoms. The summed E-state index contributed by atoms with van der Waals surface area (Å²) in [5.74, 6) is -0.524. The third kappa shape index (κ3) is 4.79. The molecule has 0 amide bonds. The van der Waals surface area contributed by atoms with Crippen LogP contribution in [0.1, 0.15) is 30.9 Å². The first kappa shape index (κ1) is 21.2. The van der Waals surface area contributed by atoms with Crippen molar-refractivity contribution in [1.29, 1.82) is 0 Å². The first-order chi connectivity index (χ1) is 11.7. The molecule has 1 aromatic rings. The zero-order chi connectivity index (χ0) is 18.2. The van der Waals surface area contributed by atoms with Gasteiger partial charge in [-0.05, 0) is 43.5 Å². The lowest BCUT2D eigenvalue weighted by Crippen LogP contribution is -2.48. The van der Waals surface area contributed by atoms with E-state index in [1.807, 2.05) is 11.8 Å². The summed E-state index contributed by atoms with van der Waals surface area (Å²) in [7, 11) is 0. The van der Waals surface area contributed by atoms with Gasteiger partial charge in [0.15, 0.2) is 5.96 Å². The molecule has 1 aromatic carbocycles. The maximum Gasteiger partial charge on any atom is 0.416 e. The van der Waals surface area contributed by atoms with Gasteiger partial charge in [0.25, 0.3) is 0 Å². The molecule has 2 fully saturated rings. The maximum atomic E-state index is 13.7. The van der Waals surface area contributed by atoms with Crippen molar-refractivity contribution in [3.05, 3.63) is 35.1 Å². The number of ether oxygens (including phenoxy) is 1. The van der Waals surface area contributed by atoms with Gasteiger partial charge in [-0.15, -0.1) is 24.0 Å². The van der Waals surface area contributed by atoms with Crippen molar-refractivity contribution in [2.24, 2.45) is 10.7 Å². The molecule has 9 heteroatoms. The van der Waals surface area contributed by atoms with Gasteiger partial charge in [0, 0.05) is 18.5 Å². The number of rotatable bonds is 3. The smallest absolute Gasteiger partial charge is 0.375 e. The molecule has 1 aliphatic heterocycles. The number of benzene rings is 1. The summed E-state index contributed by atoms with van der Waals surface area (Å²) in [4.78, 5) is 6.28. The minimum Gasteiger partial charge on any atom is -0.375 e. The van der Waals surface area contributed by atoms with Crippen molar-refractivity contribution in [2.45, 2.75) is 37.5 Å². The minimum absolute atomic E-state index is 0. The molecule has 1 unspecified atom stereocenters. The number of halogens is 5. The molecular formula is C17H22F4IN3O. The van der Waals surface area contributed by atoms with E-state index in [1.54, 1.807) is 0 Å². The van der Waals surface area contributed by atoms with Crippen molar-refractivity contribution < 1.29 is 22.3 Å². The Balaban J connectivity index is 0.00000243. The van der Waals surface area contributed by atoms with Crippen LogP contribution in [0.5, 0.6) is 0 Å². The summed E-state index contributed by atoms with van der Waals surface area (Å²) < 4.78 is 57.9. The molecule has 4 nitrogen and oxygen atoms in total. The van der Waals surface area contributed by atoms with Crippen LogP contribution in [0.4, 0.5) is 17.6 Å². The fourth-order valence-electron chi connectivity index (χ4n) is 3.11. The van der Waals surface area contributed by atoms with E-state index in [1.165, 1.54) is 6.07 Å². The number of hydrogen-bond acceptors (Lipinski definition) is 2. The van der Waals surface area contributed by atoms with Gasteiger partial charge < -0.3 is 15.4 Å². The van der Waals surface area contributed by atoms with E-state index in [9.17, 15) is 17.6 Å². The number of nitrogens with zero attached hydrogens (tertiary/aromatic N) is 2. The molecule has 1 atom stereocenters. The summed E-state index contributed by atoms with van der Waals surface area (Å²) in [6, 6.07) is 2.72. The van der Waals surface area contributed by atoms with E-state index in [-0.39, 0.29) is 36.6 Å². The van der Waals surface area contributed by atoms with Crippen LogP contribution in [-0.2, 0) is 16.3 Å². The topological polar surface area (TPSA) is 50.8 Å². The van der Waals surface area contributed by atoms with Gasteiger partial charge in [0.2, 0.25) is 0 Å². The lowest BCUT2D eigenvalue weighted by molar-refractivity contribution is -0.137. The van der Waals surface area contributed by atoms with Crippen molar-refractivity contribution in [3.63, 3.8) is 0 Å². The van der Waals surface area contributed by atoms with Gasteiger partial charge in [-0.1, -0.05) is 0 Å². The molecule has 1 saturated carbocycles. The second-order valence-electron chi connectivity index (χ2n) is 6.81. The summed E-state index contributed by atoms with van der Waals surface area (Å²) >= 11 is 0. The zero-order valence-corrected chi connectivity index (χ0v) is 16.7. The zero-order valence-electron chi connectivity index (χ0n) is 14.4. The highest BCUT2D eigenvalue weighted by atomic mass is 127. The minimum atomic E-state index is -4.57. The highest BCUT2D eigenvalue weighted by Crippen LogP contribution is 2.49. The van der Waals surface area contributed by atoms with Crippen LogP contribution >= 0.6 is 24.0 Å². The van der Waals surface area contributed by atoms with Crippen LogP contribution in [0.15, 0.2) is 23.2 Å². The Kier molecular flexibility index (Phi) is 6.42. The molecule has 1 aliphatic carbocycles. The monoisotopic (exact) mass is 487 g/mol. The first-order valence-electron chi connectivity index (χ1n) is 8.24. The lowest BCUT2D eigenvalue weighted by Gasteiger charge is -2.32. The highest BCUT2D eigenvalue weighted by Gasteiger charge is 2.45. The summed E-state index contributed by atoms with van der Waals surface area (Å²) in [5.41, 5.74) is 4.84. The third-order valence-electron chi connectivity index (χ3n) is 4.80. The third-order valence-corrected chi connectivity index (χ3v) is 4.80. The van der Waals surface area contributed by atoms with Crippen molar-refractivity contribution in [3.8, 4) is 0 Å². The van der Waals surface area contributed by atoms with Crippen molar-refractivity contribution >= 4 is 29.9 Å². The number of alkyl halides is 3. The number of hydrogen-bond donors (Lipinski definition) is 1. The maximum absolute atomic E-state index is 13.7. The van der Waals surface area contributed by atoms with Gasteiger partial charge in [-0.25, -0.2) is 4.39 Å². The Morgan fingerprint density at radius 3 is 2.62 bits per heavy atom. The number of aliphatic imine (C=N–C) groups is 1. The molecule has 26 heavy (non-hydrogen) atoms. The molecule has 0 aromatic heterocycles. The molecule has 2 N–H and O–H groups in total. The van der Waals surface area contributed by atoms with Crippen LogP contribution in [0, 0.1) is 5.82 Å². The first-order valence-corrected chi connectivity index (χ1v) is 8.24. The molecular weight excluding hydrogens is 465 g/mol. The second-order valence-corrected chi connectivity index (χ2v) is 6.81. The Hall–Kier alpha value is -1.10. The standard InChI is InChI=1S/C17H21F4N3O.HI/c1-11-9-24(4-5-25-11)15(22)23-10-16(2-3-16)12-6-13(17(19,20)21)8-14(18)7-12;/h6-8,11H,2-5,9-10H2,1H3,(H2,22,23);1H. The fraction of sp³-hybridized carbons (Fsp3) is 0.588. The molecule has 0 radical (unpaired) electrons. The van der Waals surface area contributed by atoms with Crippen LogP contribution < -0.4 is 5.73 Å². The average Bonchev–Trinajstić information content (AvgIpc) is 3.32. The molecule has 1 saturated heterocycles. The van der Waals surface area contributed by atoms with Crippen LogP contribution in [0.3, 0.4) is 0 Å². The predicted molar refractivity (Wildman–Crippen MR) is 101 cm³/mol. The molecule has 1 heterocycles. The van der Waals surface area contributed by atoms with Gasteiger partial charge in [0.05, 0.1) is 24.8 Å². The summed E-state index contributed by atoms with van der Waals surface area (Å²) in [6.07, 6.45) is -3.18. The highest BCUT2D eigenvalue weighted by molar-refractivity contribution is 14.0. The van der Waals surface area contributed by atoms with Gasteiger partial charge in [-0.2, -0.15) is 13.2 Å². The van der Waals surface area contributed by atoms with E-state index >= 15 is 0 Å². The average molecular weight is 487 g/mol. The molecule has 2 aliphatic rings. The van der Waals surface area contributed by atoms with E-state index in [0.717, 1.165) is 6.07 Å². The normalized spacial score (nSPS) is 22.7. The molecule has 3 rings (SSSR count). The van der Waals surface area contributed by atoms with Crippen LogP contribution in [-0.4, -0.2) is 43.2 Å². The van der Waals surface area contributed by atoms with E-state index in [2.05, 4.69) is 4.99 Å². The summed E-state index contributed by atoms with van der Waals surface area (Å²) in [5, 5.41) is 0. The van der Waals surface area contributed by atoms with Gasteiger partial charge >= 0.3 is 6.18 Å². The van der Waals surface area contributed by atoms with Crippen molar-refractivity contribution in [1.82, 2.24) is 4.90 Å². The van der Waals surface area contributed by atoms with E-state index < -0.39 is 23.0 Å². The Bertz CT molecular complexity index is 676.